The van der Waals surface area contributed by atoms with E-state index in [9.17, 15) is 4.79 Å². The summed E-state index contributed by atoms with van der Waals surface area (Å²) in [4.78, 5) is 18.9. The first-order valence-corrected chi connectivity index (χ1v) is 10.8. The van der Waals surface area contributed by atoms with Crippen molar-refractivity contribution in [1.82, 2.24) is 15.5 Å². The summed E-state index contributed by atoms with van der Waals surface area (Å²) >= 11 is 1.78. The van der Waals surface area contributed by atoms with Gasteiger partial charge >= 0.3 is 6.09 Å². The third kappa shape index (κ3) is 9.40. The zero-order valence-electron chi connectivity index (χ0n) is 17.2. The molecule has 1 fully saturated rings. The molecule has 9 heteroatoms. The van der Waals surface area contributed by atoms with E-state index in [4.69, 9.17) is 14.1 Å². The standard InChI is InChI=1S/C19H32N4O3S.HI/c1-19(2,3)26-18(24)22-15-8-11-23(14-15)17(21-10-13-27-4)20-9-7-16-6-5-12-25-16;/h5-6,12,15H,7-11,13-14H2,1-4H3,(H,20,21)(H,22,24);1H. The molecule has 0 aliphatic carbocycles. The van der Waals surface area contributed by atoms with E-state index in [1.54, 1.807) is 18.0 Å². The Bertz CT molecular complexity index is 605. The molecule has 2 N–H and O–H groups in total. The van der Waals surface area contributed by atoms with Crippen molar-refractivity contribution in [1.29, 1.82) is 0 Å². The van der Waals surface area contributed by atoms with Crippen molar-refractivity contribution in [2.75, 3.05) is 38.2 Å². The first-order chi connectivity index (χ1) is 12.9. The van der Waals surface area contributed by atoms with Gasteiger partial charge in [-0.05, 0) is 45.6 Å². The monoisotopic (exact) mass is 524 g/mol. The van der Waals surface area contributed by atoms with Crippen LogP contribution in [0.5, 0.6) is 0 Å². The Balaban J connectivity index is 0.00000392. The van der Waals surface area contributed by atoms with Gasteiger partial charge in [0, 0.05) is 31.8 Å². The second-order valence-electron chi connectivity index (χ2n) is 7.53. The van der Waals surface area contributed by atoms with Gasteiger partial charge in [-0.25, -0.2) is 4.79 Å². The first kappa shape index (κ1) is 24.9. The van der Waals surface area contributed by atoms with Gasteiger partial charge in [0.15, 0.2) is 5.96 Å². The summed E-state index contributed by atoms with van der Waals surface area (Å²) < 4.78 is 10.7. The molecule has 0 bridgehead atoms. The highest BCUT2D eigenvalue weighted by atomic mass is 127. The van der Waals surface area contributed by atoms with Crippen LogP contribution in [0.2, 0.25) is 0 Å². The summed E-state index contributed by atoms with van der Waals surface area (Å²) in [7, 11) is 0. The summed E-state index contributed by atoms with van der Waals surface area (Å²) in [6, 6.07) is 3.94. The summed E-state index contributed by atoms with van der Waals surface area (Å²) in [5.74, 6) is 2.83. The quantitative estimate of drug-likeness (QED) is 0.247. The van der Waals surface area contributed by atoms with Gasteiger partial charge in [-0.1, -0.05) is 0 Å². The topological polar surface area (TPSA) is 79.1 Å². The van der Waals surface area contributed by atoms with E-state index >= 15 is 0 Å². The fraction of sp³-hybridized carbons (Fsp3) is 0.684. The van der Waals surface area contributed by atoms with E-state index in [0.717, 1.165) is 56.5 Å². The average Bonchev–Trinajstić information content (AvgIpc) is 3.23. The Labute approximate surface area is 189 Å². The molecule has 1 aliphatic rings. The second-order valence-corrected chi connectivity index (χ2v) is 8.52. The fourth-order valence-corrected chi connectivity index (χ4v) is 3.08. The smallest absolute Gasteiger partial charge is 0.407 e. The lowest BCUT2D eigenvalue weighted by Crippen LogP contribution is -2.44. The van der Waals surface area contributed by atoms with Crippen molar-refractivity contribution in [3.05, 3.63) is 24.2 Å². The van der Waals surface area contributed by atoms with E-state index < -0.39 is 5.60 Å². The normalized spacial score (nSPS) is 17.2. The molecule has 1 atom stereocenters. The molecule has 1 aromatic heterocycles. The molecule has 1 saturated heterocycles. The van der Waals surface area contributed by atoms with Crippen molar-refractivity contribution >= 4 is 47.8 Å². The van der Waals surface area contributed by atoms with Gasteiger partial charge in [0.2, 0.25) is 0 Å². The Morgan fingerprint density at radius 2 is 2.25 bits per heavy atom. The van der Waals surface area contributed by atoms with Crippen LogP contribution >= 0.6 is 35.7 Å². The molecule has 1 aromatic rings. The zero-order valence-corrected chi connectivity index (χ0v) is 20.3. The molecule has 0 spiro atoms. The van der Waals surface area contributed by atoms with Crippen LogP contribution in [0, 0.1) is 0 Å². The number of hydrogen-bond acceptors (Lipinski definition) is 5. The lowest BCUT2D eigenvalue weighted by Gasteiger charge is -2.23. The number of carbonyl (C=O) groups excluding carboxylic acids is 1. The number of aliphatic imine (C=N–C) groups is 1. The molecule has 2 rings (SSSR count). The average molecular weight is 524 g/mol. The highest BCUT2D eigenvalue weighted by Gasteiger charge is 2.27. The number of hydrogen-bond donors (Lipinski definition) is 2. The number of rotatable bonds is 7. The van der Waals surface area contributed by atoms with Crippen LogP contribution in [0.25, 0.3) is 0 Å². The number of amides is 1. The summed E-state index contributed by atoms with van der Waals surface area (Å²) in [5.41, 5.74) is -0.486. The maximum absolute atomic E-state index is 12.0. The van der Waals surface area contributed by atoms with Crippen LogP contribution in [0.3, 0.4) is 0 Å². The van der Waals surface area contributed by atoms with Crippen molar-refractivity contribution < 1.29 is 13.9 Å². The van der Waals surface area contributed by atoms with Gasteiger partial charge in [0.1, 0.15) is 11.4 Å². The number of furan rings is 1. The molecule has 1 amide bonds. The molecule has 28 heavy (non-hydrogen) atoms. The molecule has 0 saturated carbocycles. The van der Waals surface area contributed by atoms with Crippen LogP contribution in [0.15, 0.2) is 27.8 Å². The highest BCUT2D eigenvalue weighted by molar-refractivity contribution is 14.0. The Morgan fingerprint density at radius 3 is 2.89 bits per heavy atom. The third-order valence-corrected chi connectivity index (χ3v) is 4.59. The van der Waals surface area contributed by atoms with Crippen molar-refractivity contribution in [2.45, 2.75) is 45.3 Å². The maximum atomic E-state index is 12.0. The number of guanidine groups is 1. The number of ether oxygens (including phenoxy) is 1. The van der Waals surface area contributed by atoms with Gasteiger partial charge in [-0.15, -0.1) is 24.0 Å². The molecule has 7 nitrogen and oxygen atoms in total. The summed E-state index contributed by atoms with van der Waals surface area (Å²) in [5, 5.41) is 6.39. The van der Waals surface area contributed by atoms with Crippen LogP contribution in [-0.2, 0) is 11.2 Å². The van der Waals surface area contributed by atoms with Gasteiger partial charge in [0.25, 0.3) is 0 Å². The van der Waals surface area contributed by atoms with Gasteiger partial charge < -0.3 is 24.7 Å². The van der Waals surface area contributed by atoms with E-state index in [2.05, 4.69) is 21.8 Å². The summed E-state index contributed by atoms with van der Waals surface area (Å²) in [6.45, 7) is 8.71. The Kier molecular flexibility index (Phi) is 11.1. The number of carbonyl (C=O) groups is 1. The lowest BCUT2D eigenvalue weighted by molar-refractivity contribution is 0.0507. The third-order valence-electron chi connectivity index (χ3n) is 4.00. The number of alkyl carbamates (subject to hydrolysis) is 1. The van der Waals surface area contributed by atoms with E-state index in [1.165, 1.54) is 0 Å². The number of nitrogens with one attached hydrogen (secondary N) is 2. The molecular formula is C19H33IN4O3S. The van der Waals surface area contributed by atoms with Crippen molar-refractivity contribution in [3.63, 3.8) is 0 Å². The Morgan fingerprint density at radius 1 is 1.46 bits per heavy atom. The first-order valence-electron chi connectivity index (χ1n) is 9.41. The largest absolute Gasteiger partial charge is 0.469 e. The molecule has 160 valence electrons. The van der Waals surface area contributed by atoms with Gasteiger partial charge in [-0.3, -0.25) is 4.99 Å². The van der Waals surface area contributed by atoms with E-state index in [0.29, 0.717) is 0 Å². The fourth-order valence-electron chi connectivity index (χ4n) is 2.81. The minimum atomic E-state index is -0.486. The van der Waals surface area contributed by atoms with Crippen LogP contribution in [0.4, 0.5) is 4.79 Å². The summed E-state index contributed by atoms with van der Waals surface area (Å²) in [6.07, 6.45) is 5.09. The lowest BCUT2D eigenvalue weighted by atomic mass is 10.2. The van der Waals surface area contributed by atoms with E-state index in [-0.39, 0.29) is 36.1 Å². The van der Waals surface area contributed by atoms with Crippen LogP contribution < -0.4 is 10.6 Å². The van der Waals surface area contributed by atoms with Crippen LogP contribution in [-0.4, -0.2) is 66.8 Å². The van der Waals surface area contributed by atoms with E-state index in [1.807, 2.05) is 32.9 Å². The molecule has 0 aromatic carbocycles. The second kappa shape index (κ2) is 12.5. The van der Waals surface area contributed by atoms with Crippen LogP contribution in [0.1, 0.15) is 33.0 Å². The van der Waals surface area contributed by atoms with Crippen molar-refractivity contribution in [3.8, 4) is 0 Å². The minimum Gasteiger partial charge on any atom is -0.469 e. The molecule has 0 radical (unpaired) electrons. The van der Waals surface area contributed by atoms with Gasteiger partial charge in [-0.2, -0.15) is 11.8 Å². The maximum Gasteiger partial charge on any atom is 0.407 e. The number of thioether (sulfide) groups is 1. The Hall–Kier alpha value is -1.10. The predicted octanol–water partition coefficient (Wildman–Crippen LogP) is 3.35. The number of likely N-dealkylation sites (tertiary alicyclic amines) is 1. The zero-order chi connectivity index (χ0) is 19.7. The molecular weight excluding hydrogens is 491 g/mol. The number of nitrogens with zero attached hydrogens (tertiary/aromatic N) is 2. The van der Waals surface area contributed by atoms with Gasteiger partial charge in [0.05, 0.1) is 18.8 Å². The minimum absolute atomic E-state index is 0. The van der Waals surface area contributed by atoms with Crippen molar-refractivity contribution in [2.24, 2.45) is 4.99 Å². The molecule has 2 heterocycles. The predicted molar refractivity (Wildman–Crippen MR) is 126 cm³/mol. The SMILES string of the molecule is CSCCN=C(NCCc1ccco1)N1CCC(NC(=O)OC(C)(C)C)C1.I. The molecule has 1 aliphatic heterocycles. The number of halogens is 1. The highest BCUT2D eigenvalue weighted by Crippen LogP contribution is 2.12. The molecule has 1 unspecified atom stereocenters.